The molecule has 98 valence electrons. The first-order chi connectivity index (χ1) is 8.08. The van der Waals surface area contributed by atoms with Crippen LogP contribution < -0.4 is 11.1 Å². The number of nitrogens with two attached hydrogens (primary N) is 1. The number of methoxy groups -OCH3 is 1. The predicted molar refractivity (Wildman–Crippen MR) is 63.3 cm³/mol. The normalized spacial score (nSPS) is 24.5. The number of rotatable bonds is 4. The maximum Gasteiger partial charge on any atom is 0.242 e. The van der Waals surface area contributed by atoms with Crippen molar-refractivity contribution in [2.24, 2.45) is 5.73 Å². The SMILES string of the molecule is COC1CCN(C(=O)CNC(C)=O)C(CN)C1. The van der Waals surface area contributed by atoms with Gasteiger partial charge in [0.05, 0.1) is 12.6 Å². The van der Waals surface area contributed by atoms with E-state index in [0.29, 0.717) is 13.1 Å². The molecule has 0 aromatic rings. The molecular formula is C11H21N3O3. The molecule has 0 aliphatic carbocycles. The minimum absolute atomic E-state index is 0.00922. The molecule has 2 unspecified atom stereocenters. The number of hydrogen-bond donors (Lipinski definition) is 2. The minimum Gasteiger partial charge on any atom is -0.381 e. The van der Waals surface area contributed by atoms with Crippen LogP contribution in [-0.2, 0) is 14.3 Å². The molecule has 2 atom stereocenters. The molecule has 0 aromatic heterocycles. The second-order valence-corrected chi connectivity index (χ2v) is 4.27. The number of ether oxygens (including phenoxy) is 1. The summed E-state index contributed by atoms with van der Waals surface area (Å²) >= 11 is 0. The van der Waals surface area contributed by atoms with Gasteiger partial charge >= 0.3 is 0 Å². The van der Waals surface area contributed by atoms with Crippen molar-refractivity contribution in [2.45, 2.75) is 31.9 Å². The summed E-state index contributed by atoms with van der Waals surface area (Å²) in [6.07, 6.45) is 1.76. The second-order valence-electron chi connectivity index (χ2n) is 4.27. The van der Waals surface area contributed by atoms with Gasteiger partial charge in [-0.2, -0.15) is 0 Å². The van der Waals surface area contributed by atoms with E-state index in [1.165, 1.54) is 6.92 Å². The molecule has 1 rings (SSSR count). The van der Waals surface area contributed by atoms with Gasteiger partial charge in [-0.15, -0.1) is 0 Å². The smallest absolute Gasteiger partial charge is 0.242 e. The quantitative estimate of drug-likeness (QED) is 0.669. The maximum atomic E-state index is 11.9. The number of carbonyl (C=O) groups is 2. The van der Waals surface area contributed by atoms with Gasteiger partial charge in [-0.05, 0) is 12.8 Å². The van der Waals surface area contributed by atoms with Crippen molar-refractivity contribution in [3.8, 4) is 0 Å². The molecule has 0 radical (unpaired) electrons. The van der Waals surface area contributed by atoms with Crippen LogP contribution >= 0.6 is 0 Å². The van der Waals surface area contributed by atoms with Gasteiger partial charge in [0.15, 0.2) is 0 Å². The van der Waals surface area contributed by atoms with Gasteiger partial charge in [-0.1, -0.05) is 0 Å². The van der Waals surface area contributed by atoms with Gasteiger partial charge in [0.1, 0.15) is 0 Å². The fraction of sp³-hybridized carbons (Fsp3) is 0.818. The number of nitrogens with zero attached hydrogens (tertiary/aromatic N) is 1. The van der Waals surface area contributed by atoms with Crippen molar-refractivity contribution in [3.05, 3.63) is 0 Å². The summed E-state index contributed by atoms with van der Waals surface area (Å²) < 4.78 is 5.29. The Kier molecular flexibility index (Phi) is 5.37. The van der Waals surface area contributed by atoms with Crippen LogP contribution in [0.3, 0.4) is 0 Å². The Balaban J connectivity index is 2.51. The summed E-state index contributed by atoms with van der Waals surface area (Å²) in [4.78, 5) is 24.4. The molecular weight excluding hydrogens is 222 g/mol. The van der Waals surface area contributed by atoms with E-state index >= 15 is 0 Å². The Bertz CT molecular complexity index is 283. The van der Waals surface area contributed by atoms with E-state index in [9.17, 15) is 9.59 Å². The van der Waals surface area contributed by atoms with Gasteiger partial charge in [-0.25, -0.2) is 0 Å². The van der Waals surface area contributed by atoms with Gasteiger partial charge in [0.2, 0.25) is 11.8 Å². The second kappa shape index (κ2) is 6.56. The van der Waals surface area contributed by atoms with E-state index in [1.54, 1.807) is 12.0 Å². The van der Waals surface area contributed by atoms with Gasteiger partial charge < -0.3 is 20.7 Å². The third-order valence-corrected chi connectivity index (χ3v) is 3.08. The van der Waals surface area contributed by atoms with Gasteiger partial charge in [0.25, 0.3) is 0 Å². The molecule has 1 saturated heterocycles. The number of hydrogen-bond acceptors (Lipinski definition) is 4. The predicted octanol–water partition coefficient (Wildman–Crippen LogP) is -0.913. The molecule has 1 heterocycles. The summed E-state index contributed by atoms with van der Waals surface area (Å²) in [5, 5.41) is 2.51. The standard InChI is InChI=1S/C11H21N3O3/c1-8(15)13-7-11(16)14-4-3-10(17-2)5-9(14)6-12/h9-10H,3-7,12H2,1-2H3,(H,13,15). The van der Waals surface area contributed by atoms with Crippen LogP contribution in [0.5, 0.6) is 0 Å². The van der Waals surface area contributed by atoms with Crippen LogP contribution in [0, 0.1) is 0 Å². The maximum absolute atomic E-state index is 11.9. The van der Waals surface area contributed by atoms with Crippen LogP contribution in [0.2, 0.25) is 0 Å². The van der Waals surface area contributed by atoms with E-state index in [4.69, 9.17) is 10.5 Å². The zero-order valence-corrected chi connectivity index (χ0v) is 10.4. The van der Waals surface area contributed by atoms with Crippen molar-refractivity contribution in [2.75, 3.05) is 26.7 Å². The number of carbonyl (C=O) groups excluding carboxylic acids is 2. The number of amides is 2. The van der Waals surface area contributed by atoms with Crippen LogP contribution in [0.1, 0.15) is 19.8 Å². The van der Waals surface area contributed by atoms with E-state index in [2.05, 4.69) is 5.32 Å². The monoisotopic (exact) mass is 243 g/mol. The van der Waals surface area contributed by atoms with E-state index in [1.807, 2.05) is 0 Å². The van der Waals surface area contributed by atoms with Crippen molar-refractivity contribution >= 4 is 11.8 Å². The summed E-state index contributed by atoms with van der Waals surface area (Å²) in [6.45, 7) is 2.50. The highest BCUT2D eigenvalue weighted by Gasteiger charge is 2.30. The van der Waals surface area contributed by atoms with Crippen LogP contribution in [0.15, 0.2) is 0 Å². The highest BCUT2D eigenvalue weighted by molar-refractivity contribution is 5.84. The molecule has 0 saturated carbocycles. The average Bonchev–Trinajstić information content (AvgIpc) is 2.34. The van der Waals surface area contributed by atoms with Crippen LogP contribution in [-0.4, -0.2) is 55.6 Å². The lowest BCUT2D eigenvalue weighted by molar-refractivity contribution is -0.137. The zero-order valence-electron chi connectivity index (χ0n) is 10.4. The third-order valence-electron chi connectivity index (χ3n) is 3.08. The molecule has 1 aliphatic heterocycles. The average molecular weight is 243 g/mol. The summed E-state index contributed by atoms with van der Waals surface area (Å²) in [5.41, 5.74) is 5.67. The van der Waals surface area contributed by atoms with E-state index < -0.39 is 0 Å². The Morgan fingerprint density at radius 3 is 2.76 bits per heavy atom. The number of likely N-dealkylation sites (tertiary alicyclic amines) is 1. The largest absolute Gasteiger partial charge is 0.381 e. The summed E-state index contributed by atoms with van der Waals surface area (Å²) in [6, 6.07) is 0.00922. The number of nitrogens with one attached hydrogen (secondary N) is 1. The summed E-state index contributed by atoms with van der Waals surface area (Å²) in [5.74, 6) is -0.278. The fourth-order valence-corrected chi connectivity index (χ4v) is 2.08. The molecule has 0 spiro atoms. The molecule has 1 aliphatic rings. The highest BCUT2D eigenvalue weighted by Crippen LogP contribution is 2.18. The molecule has 6 heteroatoms. The molecule has 2 amide bonds. The molecule has 6 nitrogen and oxygen atoms in total. The lowest BCUT2D eigenvalue weighted by Crippen LogP contribution is -2.53. The number of piperidine rings is 1. The first-order valence-corrected chi connectivity index (χ1v) is 5.85. The van der Waals surface area contributed by atoms with Crippen molar-refractivity contribution in [1.29, 1.82) is 0 Å². The van der Waals surface area contributed by atoms with Gasteiger partial charge in [-0.3, -0.25) is 9.59 Å². The molecule has 1 fully saturated rings. The Labute approximate surface area is 101 Å². The van der Waals surface area contributed by atoms with Crippen molar-refractivity contribution in [1.82, 2.24) is 10.2 Å². The van der Waals surface area contributed by atoms with Crippen molar-refractivity contribution in [3.63, 3.8) is 0 Å². The Hall–Kier alpha value is -1.14. The van der Waals surface area contributed by atoms with Crippen LogP contribution in [0.4, 0.5) is 0 Å². The molecule has 17 heavy (non-hydrogen) atoms. The summed E-state index contributed by atoms with van der Waals surface area (Å²) in [7, 11) is 1.67. The lowest BCUT2D eigenvalue weighted by Gasteiger charge is -2.38. The molecule has 0 bridgehead atoms. The molecule has 3 N–H and O–H groups in total. The van der Waals surface area contributed by atoms with Crippen LogP contribution in [0.25, 0.3) is 0 Å². The topological polar surface area (TPSA) is 84.7 Å². The minimum atomic E-state index is -0.200. The third kappa shape index (κ3) is 3.98. The van der Waals surface area contributed by atoms with E-state index in [0.717, 1.165) is 12.8 Å². The van der Waals surface area contributed by atoms with Crippen molar-refractivity contribution < 1.29 is 14.3 Å². The Morgan fingerprint density at radius 1 is 1.53 bits per heavy atom. The van der Waals surface area contributed by atoms with Gasteiger partial charge in [0, 0.05) is 33.2 Å². The lowest BCUT2D eigenvalue weighted by atomic mass is 9.99. The fourth-order valence-electron chi connectivity index (χ4n) is 2.08. The molecule has 0 aromatic carbocycles. The zero-order chi connectivity index (χ0) is 12.8. The Morgan fingerprint density at radius 2 is 2.24 bits per heavy atom. The first-order valence-electron chi connectivity index (χ1n) is 5.85. The van der Waals surface area contributed by atoms with E-state index in [-0.39, 0.29) is 30.5 Å². The first kappa shape index (κ1) is 13.9. The highest BCUT2D eigenvalue weighted by atomic mass is 16.5.